The second-order valence-electron chi connectivity index (χ2n) is 5.75. The Morgan fingerprint density at radius 2 is 2.05 bits per heavy atom. The molecule has 1 fully saturated rings. The van der Waals surface area contributed by atoms with Crippen molar-refractivity contribution in [1.82, 2.24) is 0 Å². The van der Waals surface area contributed by atoms with E-state index in [0.717, 1.165) is 17.4 Å². The van der Waals surface area contributed by atoms with Crippen LogP contribution in [0.1, 0.15) is 38.2 Å². The Bertz CT molecular complexity index is 419. The van der Waals surface area contributed by atoms with E-state index >= 15 is 0 Å². The van der Waals surface area contributed by atoms with Crippen LogP contribution in [-0.2, 0) is 6.42 Å². The lowest BCUT2D eigenvalue weighted by atomic mass is 9.84. The minimum atomic E-state index is 0.628. The molecule has 2 N–H and O–H groups in total. The third-order valence-electron chi connectivity index (χ3n) is 4.40. The number of anilines is 1. The zero-order valence-electron chi connectivity index (χ0n) is 12.0. The highest BCUT2D eigenvalue weighted by Gasteiger charge is 2.26. The predicted octanol–water partition coefficient (Wildman–Crippen LogP) is 3.86. The van der Waals surface area contributed by atoms with Gasteiger partial charge in [-0.25, -0.2) is 0 Å². The molecule has 0 spiro atoms. The van der Waals surface area contributed by atoms with Gasteiger partial charge in [0, 0.05) is 23.8 Å². The summed E-state index contributed by atoms with van der Waals surface area (Å²) in [6.07, 6.45) is 6.24. The highest BCUT2D eigenvalue weighted by molar-refractivity contribution is 6.30. The molecule has 1 aliphatic carbocycles. The number of hydrogen-bond acceptors (Lipinski definition) is 2. The number of nitrogens with zero attached hydrogens (tertiary/aromatic N) is 1. The molecule has 0 bridgehead atoms. The second kappa shape index (κ2) is 6.62. The first-order valence-corrected chi connectivity index (χ1v) is 7.72. The van der Waals surface area contributed by atoms with Crippen LogP contribution in [0.15, 0.2) is 18.2 Å². The van der Waals surface area contributed by atoms with E-state index in [0.29, 0.717) is 12.6 Å². The van der Waals surface area contributed by atoms with Crippen molar-refractivity contribution in [3.05, 3.63) is 28.8 Å². The van der Waals surface area contributed by atoms with Crippen LogP contribution in [0, 0.1) is 5.92 Å². The lowest BCUT2D eigenvalue weighted by Gasteiger charge is -2.38. The number of halogens is 1. The first kappa shape index (κ1) is 14.7. The van der Waals surface area contributed by atoms with E-state index < -0.39 is 0 Å². The van der Waals surface area contributed by atoms with Crippen LogP contribution >= 0.6 is 11.6 Å². The van der Waals surface area contributed by atoms with Gasteiger partial charge < -0.3 is 10.6 Å². The van der Waals surface area contributed by atoms with Gasteiger partial charge in [-0.2, -0.15) is 0 Å². The SMILES string of the molecule is CC1CCCCC1N(C)c1cc(Cl)ccc1CCN. The lowest BCUT2D eigenvalue weighted by Crippen LogP contribution is -2.39. The van der Waals surface area contributed by atoms with Gasteiger partial charge in [0.15, 0.2) is 0 Å². The van der Waals surface area contributed by atoms with Crippen LogP contribution in [0.5, 0.6) is 0 Å². The van der Waals surface area contributed by atoms with Gasteiger partial charge in [-0.15, -0.1) is 0 Å². The van der Waals surface area contributed by atoms with Gasteiger partial charge in [0.05, 0.1) is 0 Å². The molecule has 1 aromatic carbocycles. The van der Waals surface area contributed by atoms with Crippen molar-refractivity contribution in [2.24, 2.45) is 11.7 Å². The van der Waals surface area contributed by atoms with Crippen molar-refractivity contribution in [2.75, 3.05) is 18.5 Å². The topological polar surface area (TPSA) is 29.3 Å². The van der Waals surface area contributed by atoms with Crippen molar-refractivity contribution in [3.63, 3.8) is 0 Å². The van der Waals surface area contributed by atoms with E-state index in [2.05, 4.69) is 31.0 Å². The van der Waals surface area contributed by atoms with Gasteiger partial charge in [0.2, 0.25) is 0 Å². The molecule has 1 saturated carbocycles. The normalized spacial score (nSPS) is 23.4. The Balaban J connectivity index is 2.25. The third-order valence-corrected chi connectivity index (χ3v) is 4.64. The Kier molecular flexibility index (Phi) is 5.12. The molecule has 2 rings (SSSR count). The number of rotatable bonds is 4. The lowest BCUT2D eigenvalue weighted by molar-refractivity contribution is 0.321. The number of benzene rings is 1. The summed E-state index contributed by atoms with van der Waals surface area (Å²) >= 11 is 6.18. The predicted molar refractivity (Wildman–Crippen MR) is 84.0 cm³/mol. The molecule has 0 radical (unpaired) electrons. The minimum absolute atomic E-state index is 0.628. The van der Waals surface area contributed by atoms with Crippen molar-refractivity contribution < 1.29 is 0 Å². The molecule has 3 heteroatoms. The van der Waals surface area contributed by atoms with E-state index in [4.69, 9.17) is 17.3 Å². The van der Waals surface area contributed by atoms with Crippen LogP contribution in [0.3, 0.4) is 0 Å². The van der Waals surface area contributed by atoms with E-state index in [-0.39, 0.29) is 0 Å². The Labute approximate surface area is 121 Å². The average molecular weight is 281 g/mol. The third kappa shape index (κ3) is 3.43. The maximum absolute atomic E-state index is 6.18. The summed E-state index contributed by atoms with van der Waals surface area (Å²) in [5.74, 6) is 0.753. The fraction of sp³-hybridized carbons (Fsp3) is 0.625. The molecule has 0 aliphatic heterocycles. The number of nitrogens with two attached hydrogens (primary N) is 1. The molecule has 19 heavy (non-hydrogen) atoms. The zero-order chi connectivity index (χ0) is 13.8. The highest BCUT2D eigenvalue weighted by atomic mass is 35.5. The molecule has 2 unspecified atom stereocenters. The largest absolute Gasteiger partial charge is 0.371 e. The molecular formula is C16H25ClN2. The van der Waals surface area contributed by atoms with Crippen LogP contribution in [0.2, 0.25) is 5.02 Å². The monoisotopic (exact) mass is 280 g/mol. The molecule has 0 aromatic heterocycles. The average Bonchev–Trinajstić information content (AvgIpc) is 2.41. The molecule has 0 amide bonds. The second-order valence-corrected chi connectivity index (χ2v) is 6.19. The minimum Gasteiger partial charge on any atom is -0.371 e. The van der Waals surface area contributed by atoms with Gasteiger partial charge in [-0.1, -0.05) is 37.4 Å². The highest BCUT2D eigenvalue weighted by Crippen LogP contribution is 2.33. The van der Waals surface area contributed by atoms with Crippen LogP contribution in [0.4, 0.5) is 5.69 Å². The summed E-state index contributed by atoms with van der Waals surface area (Å²) < 4.78 is 0. The molecule has 0 heterocycles. The molecule has 1 aromatic rings. The van der Waals surface area contributed by atoms with Gasteiger partial charge in [-0.3, -0.25) is 0 Å². The van der Waals surface area contributed by atoms with Gasteiger partial charge in [0.1, 0.15) is 0 Å². The van der Waals surface area contributed by atoms with Crippen LogP contribution in [0.25, 0.3) is 0 Å². The maximum atomic E-state index is 6.18. The Morgan fingerprint density at radius 1 is 1.32 bits per heavy atom. The van der Waals surface area contributed by atoms with Crippen molar-refractivity contribution in [1.29, 1.82) is 0 Å². The van der Waals surface area contributed by atoms with E-state index in [1.54, 1.807) is 0 Å². The number of hydrogen-bond donors (Lipinski definition) is 1. The smallest absolute Gasteiger partial charge is 0.0426 e. The fourth-order valence-corrected chi connectivity index (χ4v) is 3.45. The molecule has 106 valence electrons. The maximum Gasteiger partial charge on any atom is 0.0426 e. The first-order valence-electron chi connectivity index (χ1n) is 7.35. The molecule has 0 saturated heterocycles. The van der Waals surface area contributed by atoms with Crippen molar-refractivity contribution >= 4 is 17.3 Å². The van der Waals surface area contributed by atoms with Gasteiger partial charge in [0.25, 0.3) is 0 Å². The quantitative estimate of drug-likeness (QED) is 0.907. The van der Waals surface area contributed by atoms with Gasteiger partial charge in [-0.05, 0) is 49.4 Å². The summed E-state index contributed by atoms with van der Waals surface area (Å²) in [6.45, 7) is 3.05. The van der Waals surface area contributed by atoms with E-state index in [9.17, 15) is 0 Å². The zero-order valence-corrected chi connectivity index (χ0v) is 12.8. The Hall–Kier alpha value is -0.730. The van der Waals surface area contributed by atoms with Crippen molar-refractivity contribution in [3.8, 4) is 0 Å². The molecule has 2 nitrogen and oxygen atoms in total. The van der Waals surface area contributed by atoms with Gasteiger partial charge >= 0.3 is 0 Å². The molecule has 2 atom stereocenters. The van der Waals surface area contributed by atoms with E-state index in [1.165, 1.54) is 36.9 Å². The fourth-order valence-electron chi connectivity index (χ4n) is 3.28. The van der Waals surface area contributed by atoms with Crippen LogP contribution in [-0.4, -0.2) is 19.6 Å². The molecular weight excluding hydrogens is 256 g/mol. The summed E-state index contributed by atoms with van der Waals surface area (Å²) in [5.41, 5.74) is 8.29. The standard InChI is InChI=1S/C16H25ClN2/c1-12-5-3-4-6-15(12)19(2)16-11-14(17)8-7-13(16)9-10-18/h7-8,11-12,15H,3-6,9-10,18H2,1-2H3. The van der Waals surface area contributed by atoms with Crippen molar-refractivity contribution in [2.45, 2.75) is 45.1 Å². The first-order chi connectivity index (χ1) is 9.13. The summed E-state index contributed by atoms with van der Waals surface area (Å²) in [5, 5.41) is 0.811. The van der Waals surface area contributed by atoms with Crippen LogP contribution < -0.4 is 10.6 Å². The Morgan fingerprint density at radius 3 is 2.74 bits per heavy atom. The molecule has 1 aliphatic rings. The van der Waals surface area contributed by atoms with E-state index in [1.807, 2.05) is 6.07 Å². The summed E-state index contributed by atoms with van der Waals surface area (Å²) in [6, 6.07) is 6.81. The summed E-state index contributed by atoms with van der Waals surface area (Å²) in [4.78, 5) is 2.43. The summed E-state index contributed by atoms with van der Waals surface area (Å²) in [7, 11) is 2.21.